The number of hydrogen-bond acceptors (Lipinski definition) is 4. The summed E-state index contributed by atoms with van der Waals surface area (Å²) in [5.74, 6) is 2.72. The molecule has 0 bridgehead atoms. The van der Waals surface area contributed by atoms with Gasteiger partial charge in [0.05, 0.1) is 0 Å². The molecule has 3 aliphatic rings. The number of carbonyl (C=O) groups excluding carboxylic acids is 1. The van der Waals surface area contributed by atoms with Crippen LogP contribution in [-0.2, 0) is 10.2 Å². The molecule has 5 nitrogen and oxygen atoms in total. The zero-order chi connectivity index (χ0) is 18.6. The molecule has 0 N–H and O–H groups in total. The van der Waals surface area contributed by atoms with Gasteiger partial charge in [0.25, 0.3) is 0 Å². The van der Waals surface area contributed by atoms with Crippen LogP contribution < -0.4 is 19.1 Å². The molecular weight excluding hydrogens is 342 g/mol. The first kappa shape index (κ1) is 16.5. The molecule has 5 heteroatoms. The molecular formula is C22H23NO4. The van der Waals surface area contributed by atoms with E-state index >= 15 is 0 Å². The van der Waals surface area contributed by atoms with E-state index in [0.29, 0.717) is 43.0 Å². The number of fused-ring (bicyclic) bond motifs is 5. The van der Waals surface area contributed by atoms with E-state index in [4.69, 9.17) is 14.2 Å². The Hall–Kier alpha value is -2.69. The Morgan fingerprint density at radius 1 is 1.00 bits per heavy atom. The van der Waals surface area contributed by atoms with Gasteiger partial charge in [-0.05, 0) is 30.0 Å². The minimum atomic E-state index is -0.793. The lowest BCUT2D eigenvalue weighted by Gasteiger charge is -2.25. The maximum Gasteiger partial charge on any atom is 0.245 e. The topological polar surface area (TPSA) is 48.0 Å². The number of benzene rings is 2. The van der Waals surface area contributed by atoms with Crippen molar-refractivity contribution in [2.75, 3.05) is 31.3 Å². The molecule has 140 valence electrons. The third-order valence-electron chi connectivity index (χ3n) is 5.74. The second kappa shape index (κ2) is 5.91. The molecule has 1 amide bonds. The Labute approximate surface area is 158 Å². The minimum absolute atomic E-state index is 0.0970. The zero-order valence-electron chi connectivity index (χ0n) is 15.7. The van der Waals surface area contributed by atoms with Crippen LogP contribution in [-0.4, -0.2) is 32.3 Å². The van der Waals surface area contributed by atoms with Gasteiger partial charge in [0.15, 0.2) is 11.5 Å². The Bertz CT molecular complexity index is 923. The van der Waals surface area contributed by atoms with Crippen molar-refractivity contribution >= 4 is 11.6 Å². The van der Waals surface area contributed by atoms with Gasteiger partial charge in [-0.1, -0.05) is 32.0 Å². The highest BCUT2D eigenvalue weighted by Gasteiger charge is 2.57. The highest BCUT2D eigenvalue weighted by atomic mass is 16.6. The molecule has 0 aliphatic carbocycles. The van der Waals surface area contributed by atoms with Crippen LogP contribution >= 0.6 is 0 Å². The molecule has 0 saturated carbocycles. The van der Waals surface area contributed by atoms with Crippen LogP contribution in [0.3, 0.4) is 0 Å². The first-order valence-electron chi connectivity index (χ1n) is 9.59. The molecule has 5 rings (SSSR count). The van der Waals surface area contributed by atoms with Gasteiger partial charge in [-0.25, -0.2) is 0 Å². The maximum absolute atomic E-state index is 13.7. The average Bonchev–Trinajstić information content (AvgIpc) is 3.16. The summed E-state index contributed by atoms with van der Waals surface area (Å²) in [4.78, 5) is 15.6. The summed E-state index contributed by atoms with van der Waals surface area (Å²) < 4.78 is 17.5. The normalized spacial score (nSPS) is 22.2. The van der Waals surface area contributed by atoms with E-state index in [-0.39, 0.29) is 5.91 Å². The Balaban J connectivity index is 1.65. The number of anilines is 1. The van der Waals surface area contributed by atoms with Gasteiger partial charge in [0.2, 0.25) is 5.91 Å². The predicted octanol–water partition coefficient (Wildman–Crippen LogP) is 3.53. The molecule has 0 radical (unpaired) electrons. The standard InChI is InChI=1S/C22H23NO4/c1-14(2)7-8-23-17-6-4-3-5-15(17)22(21(23)24)13-27-18-12-20-19(11-16(18)22)25-9-10-26-20/h3-6,11-12,14H,7-10,13H2,1-2H3. The molecule has 1 unspecified atom stereocenters. The minimum Gasteiger partial charge on any atom is -0.491 e. The lowest BCUT2D eigenvalue weighted by atomic mass is 9.77. The van der Waals surface area contributed by atoms with E-state index in [9.17, 15) is 4.79 Å². The molecule has 3 aliphatic heterocycles. The molecule has 0 saturated heterocycles. The van der Waals surface area contributed by atoms with E-state index in [1.807, 2.05) is 35.2 Å². The molecule has 27 heavy (non-hydrogen) atoms. The molecule has 0 fully saturated rings. The highest BCUT2D eigenvalue weighted by Crippen LogP contribution is 2.54. The van der Waals surface area contributed by atoms with Crippen molar-refractivity contribution in [2.24, 2.45) is 5.92 Å². The van der Waals surface area contributed by atoms with Crippen molar-refractivity contribution in [2.45, 2.75) is 25.7 Å². The summed E-state index contributed by atoms with van der Waals surface area (Å²) >= 11 is 0. The monoisotopic (exact) mass is 365 g/mol. The van der Waals surface area contributed by atoms with Crippen molar-refractivity contribution in [3.63, 3.8) is 0 Å². The van der Waals surface area contributed by atoms with Crippen LogP contribution in [0, 0.1) is 5.92 Å². The number of amides is 1. The summed E-state index contributed by atoms with van der Waals surface area (Å²) in [6, 6.07) is 11.9. The van der Waals surface area contributed by atoms with Crippen LogP contribution in [0.2, 0.25) is 0 Å². The highest BCUT2D eigenvalue weighted by molar-refractivity contribution is 6.11. The second-order valence-corrected chi connectivity index (χ2v) is 7.84. The number of rotatable bonds is 3. The van der Waals surface area contributed by atoms with Gasteiger partial charge in [-0.2, -0.15) is 0 Å². The summed E-state index contributed by atoms with van der Waals surface area (Å²) in [5.41, 5.74) is 2.11. The summed E-state index contributed by atoms with van der Waals surface area (Å²) in [6.07, 6.45) is 0.963. The van der Waals surface area contributed by atoms with Crippen molar-refractivity contribution < 1.29 is 19.0 Å². The van der Waals surface area contributed by atoms with E-state index in [2.05, 4.69) is 19.9 Å². The van der Waals surface area contributed by atoms with E-state index in [1.165, 1.54) is 0 Å². The third-order valence-corrected chi connectivity index (χ3v) is 5.74. The number of para-hydroxylation sites is 1. The van der Waals surface area contributed by atoms with Crippen molar-refractivity contribution in [3.05, 3.63) is 47.5 Å². The van der Waals surface area contributed by atoms with Gasteiger partial charge in [0.1, 0.15) is 31.0 Å². The van der Waals surface area contributed by atoms with Crippen LogP contribution in [0.25, 0.3) is 0 Å². The molecule has 1 atom stereocenters. The third kappa shape index (κ3) is 2.27. The van der Waals surface area contributed by atoms with Crippen LogP contribution in [0.5, 0.6) is 17.2 Å². The Morgan fingerprint density at radius 2 is 1.74 bits per heavy atom. The van der Waals surface area contributed by atoms with Crippen LogP contribution in [0.4, 0.5) is 5.69 Å². The smallest absolute Gasteiger partial charge is 0.245 e. The number of hydrogen-bond donors (Lipinski definition) is 0. The van der Waals surface area contributed by atoms with E-state index in [1.54, 1.807) is 0 Å². The van der Waals surface area contributed by atoms with Crippen LogP contribution in [0.15, 0.2) is 36.4 Å². The van der Waals surface area contributed by atoms with Gasteiger partial charge >= 0.3 is 0 Å². The SMILES string of the molecule is CC(C)CCN1C(=O)C2(COc3cc4c(cc32)OCCO4)c2ccccc21. The van der Waals surface area contributed by atoms with Crippen molar-refractivity contribution in [1.82, 2.24) is 0 Å². The number of ether oxygens (including phenoxy) is 3. The summed E-state index contributed by atoms with van der Waals surface area (Å²) in [7, 11) is 0. The van der Waals surface area contributed by atoms with Crippen molar-refractivity contribution in [1.29, 1.82) is 0 Å². The molecule has 3 heterocycles. The maximum atomic E-state index is 13.7. The first-order valence-corrected chi connectivity index (χ1v) is 9.59. The van der Waals surface area contributed by atoms with E-state index < -0.39 is 5.41 Å². The largest absolute Gasteiger partial charge is 0.491 e. The van der Waals surface area contributed by atoms with Gasteiger partial charge in [0, 0.05) is 23.9 Å². The first-order chi connectivity index (χ1) is 13.1. The second-order valence-electron chi connectivity index (χ2n) is 7.84. The number of nitrogens with zero attached hydrogens (tertiary/aromatic N) is 1. The molecule has 2 aromatic rings. The fraction of sp³-hybridized carbons (Fsp3) is 0.409. The van der Waals surface area contributed by atoms with E-state index in [0.717, 1.165) is 29.8 Å². The molecule has 2 aromatic carbocycles. The number of carbonyl (C=O) groups is 1. The van der Waals surface area contributed by atoms with Crippen molar-refractivity contribution in [3.8, 4) is 17.2 Å². The average molecular weight is 365 g/mol. The Kier molecular flexibility index (Phi) is 3.61. The summed E-state index contributed by atoms with van der Waals surface area (Å²) in [6.45, 7) is 6.44. The summed E-state index contributed by atoms with van der Waals surface area (Å²) in [5, 5.41) is 0. The quantitative estimate of drug-likeness (QED) is 0.835. The fourth-order valence-electron chi connectivity index (χ4n) is 4.32. The predicted molar refractivity (Wildman–Crippen MR) is 102 cm³/mol. The fourth-order valence-corrected chi connectivity index (χ4v) is 4.32. The lowest BCUT2D eigenvalue weighted by molar-refractivity contribution is -0.122. The van der Waals surface area contributed by atoms with Gasteiger partial charge in [-0.3, -0.25) is 4.79 Å². The van der Waals surface area contributed by atoms with Gasteiger partial charge in [-0.15, -0.1) is 0 Å². The Morgan fingerprint density at radius 3 is 2.52 bits per heavy atom. The van der Waals surface area contributed by atoms with Gasteiger partial charge < -0.3 is 19.1 Å². The molecule has 0 aromatic heterocycles. The molecule has 1 spiro atoms. The lowest BCUT2D eigenvalue weighted by Crippen LogP contribution is -2.43. The van der Waals surface area contributed by atoms with Crippen LogP contribution in [0.1, 0.15) is 31.4 Å². The zero-order valence-corrected chi connectivity index (χ0v) is 15.7.